The van der Waals surface area contributed by atoms with E-state index in [0.29, 0.717) is 28.5 Å². The third-order valence-corrected chi connectivity index (χ3v) is 3.98. The Bertz CT molecular complexity index is 726. The largest absolute Gasteiger partial charge is 0.454 e. The van der Waals surface area contributed by atoms with Crippen LogP contribution >= 0.6 is 11.6 Å². The van der Waals surface area contributed by atoms with Crippen LogP contribution in [0.1, 0.15) is 28.9 Å². The number of ketones is 1. The van der Waals surface area contributed by atoms with Gasteiger partial charge in [0.15, 0.2) is 17.3 Å². The van der Waals surface area contributed by atoms with Crippen molar-refractivity contribution in [2.24, 2.45) is 0 Å². The zero-order chi connectivity index (χ0) is 13.0. The quantitative estimate of drug-likeness (QED) is 0.741. The Balaban J connectivity index is 2.06. The number of Topliss-reactive ketones (excluding diaryl/α,β-unsaturated/α-hetero) is 1. The standard InChI is InChI=1S/C14H10ClNO3/c15-14-7-4-11-12(19-6-18-11)5-9(7)16-8-2-1-3-10(17)13(8)14/h4-5H,1-3,6H2. The van der Waals surface area contributed by atoms with Crippen LogP contribution in [0.2, 0.25) is 5.02 Å². The van der Waals surface area contributed by atoms with Crippen LogP contribution in [-0.2, 0) is 6.42 Å². The van der Waals surface area contributed by atoms with Gasteiger partial charge in [-0.15, -0.1) is 0 Å². The second kappa shape index (κ2) is 3.84. The molecule has 0 unspecified atom stereocenters. The Morgan fingerprint density at radius 2 is 1.95 bits per heavy atom. The SMILES string of the molecule is O=C1CCCc2nc3cc4c(cc3c(Cl)c21)OCO4. The molecule has 4 rings (SSSR count). The van der Waals surface area contributed by atoms with Crippen molar-refractivity contribution in [1.82, 2.24) is 4.98 Å². The maximum atomic E-state index is 12.0. The van der Waals surface area contributed by atoms with Gasteiger partial charge >= 0.3 is 0 Å². The Hall–Kier alpha value is -1.81. The number of hydrogen-bond acceptors (Lipinski definition) is 4. The third kappa shape index (κ3) is 1.53. The third-order valence-electron chi connectivity index (χ3n) is 3.59. The maximum absolute atomic E-state index is 12.0. The number of nitrogens with zero attached hydrogens (tertiary/aromatic N) is 1. The highest BCUT2D eigenvalue weighted by Crippen LogP contribution is 2.40. The summed E-state index contributed by atoms with van der Waals surface area (Å²) in [6.45, 7) is 0.210. The minimum atomic E-state index is 0.0818. The first-order chi connectivity index (χ1) is 9.24. The summed E-state index contributed by atoms with van der Waals surface area (Å²) in [5.74, 6) is 1.41. The van der Waals surface area contributed by atoms with Crippen molar-refractivity contribution in [3.05, 3.63) is 28.4 Å². The van der Waals surface area contributed by atoms with E-state index in [-0.39, 0.29) is 12.6 Å². The number of aromatic nitrogens is 1. The smallest absolute Gasteiger partial charge is 0.231 e. The van der Waals surface area contributed by atoms with Gasteiger partial charge in [0.1, 0.15) is 0 Å². The number of rotatable bonds is 0. The van der Waals surface area contributed by atoms with Crippen LogP contribution < -0.4 is 9.47 Å². The van der Waals surface area contributed by atoms with Crippen LogP contribution in [0.4, 0.5) is 0 Å². The molecule has 1 aromatic heterocycles. The molecule has 96 valence electrons. The van der Waals surface area contributed by atoms with Crippen LogP contribution in [0.25, 0.3) is 10.9 Å². The number of fused-ring (bicyclic) bond motifs is 3. The number of ether oxygens (including phenoxy) is 2. The zero-order valence-corrected chi connectivity index (χ0v) is 10.8. The summed E-state index contributed by atoms with van der Waals surface area (Å²) in [5, 5.41) is 1.24. The highest BCUT2D eigenvalue weighted by atomic mass is 35.5. The van der Waals surface area contributed by atoms with Gasteiger partial charge in [-0.05, 0) is 18.9 Å². The van der Waals surface area contributed by atoms with Crippen molar-refractivity contribution >= 4 is 28.3 Å². The van der Waals surface area contributed by atoms with Crippen LogP contribution in [0.5, 0.6) is 11.5 Å². The van der Waals surface area contributed by atoms with E-state index in [9.17, 15) is 4.79 Å². The molecule has 1 aromatic carbocycles. The van der Waals surface area contributed by atoms with Crippen molar-refractivity contribution in [2.75, 3.05) is 6.79 Å². The van der Waals surface area contributed by atoms with E-state index in [1.165, 1.54) is 0 Å². The minimum Gasteiger partial charge on any atom is -0.454 e. The van der Waals surface area contributed by atoms with Crippen molar-refractivity contribution < 1.29 is 14.3 Å². The maximum Gasteiger partial charge on any atom is 0.231 e. The number of aryl methyl sites for hydroxylation is 1. The average Bonchev–Trinajstić information content (AvgIpc) is 2.84. The molecule has 19 heavy (non-hydrogen) atoms. The van der Waals surface area contributed by atoms with Crippen molar-refractivity contribution in [3.8, 4) is 11.5 Å². The fraction of sp³-hybridized carbons (Fsp3) is 0.286. The van der Waals surface area contributed by atoms with E-state index >= 15 is 0 Å². The van der Waals surface area contributed by atoms with Gasteiger partial charge in [0.05, 0.1) is 21.8 Å². The first-order valence-electron chi connectivity index (χ1n) is 6.19. The molecule has 0 saturated heterocycles. The highest BCUT2D eigenvalue weighted by Gasteiger charge is 2.25. The van der Waals surface area contributed by atoms with Gasteiger partial charge in [-0.1, -0.05) is 11.6 Å². The summed E-state index contributed by atoms with van der Waals surface area (Å²) in [4.78, 5) is 16.6. The first kappa shape index (κ1) is 11.1. The molecule has 2 aromatic rings. The van der Waals surface area contributed by atoms with Crippen molar-refractivity contribution in [3.63, 3.8) is 0 Å². The average molecular weight is 276 g/mol. The van der Waals surface area contributed by atoms with Gasteiger partial charge in [0, 0.05) is 17.9 Å². The number of pyridine rings is 1. The second-order valence-corrected chi connectivity index (χ2v) is 5.12. The Morgan fingerprint density at radius 3 is 2.79 bits per heavy atom. The highest BCUT2D eigenvalue weighted by molar-refractivity contribution is 6.38. The molecule has 0 amide bonds. The van der Waals surface area contributed by atoms with Gasteiger partial charge in [-0.25, -0.2) is 0 Å². The molecule has 4 nitrogen and oxygen atoms in total. The van der Waals surface area contributed by atoms with Gasteiger partial charge < -0.3 is 9.47 Å². The molecule has 0 spiro atoms. The van der Waals surface area contributed by atoms with E-state index in [4.69, 9.17) is 21.1 Å². The lowest BCUT2D eigenvalue weighted by Crippen LogP contribution is -2.13. The molecule has 1 aliphatic carbocycles. The van der Waals surface area contributed by atoms with Gasteiger partial charge in [0.25, 0.3) is 0 Å². The van der Waals surface area contributed by atoms with Gasteiger partial charge in [-0.2, -0.15) is 0 Å². The van der Waals surface area contributed by atoms with E-state index in [2.05, 4.69) is 4.98 Å². The molecule has 2 aliphatic rings. The molecule has 0 saturated carbocycles. The summed E-state index contributed by atoms with van der Waals surface area (Å²) < 4.78 is 10.7. The topological polar surface area (TPSA) is 48.4 Å². The predicted octanol–water partition coefficient (Wildman–Crippen LogP) is 3.14. The van der Waals surface area contributed by atoms with Crippen molar-refractivity contribution in [2.45, 2.75) is 19.3 Å². The lowest BCUT2D eigenvalue weighted by molar-refractivity contribution is 0.0972. The van der Waals surface area contributed by atoms with E-state index in [0.717, 1.165) is 29.4 Å². The molecule has 0 N–H and O–H groups in total. The van der Waals surface area contributed by atoms with Crippen LogP contribution in [-0.4, -0.2) is 17.6 Å². The Labute approximate surface area is 114 Å². The monoisotopic (exact) mass is 275 g/mol. The minimum absolute atomic E-state index is 0.0818. The number of benzene rings is 1. The molecule has 2 heterocycles. The molecule has 0 fully saturated rings. The number of hydrogen-bond donors (Lipinski definition) is 0. The van der Waals surface area contributed by atoms with E-state index in [1.54, 1.807) is 6.07 Å². The summed E-state index contributed by atoms with van der Waals surface area (Å²) in [6, 6.07) is 3.62. The lowest BCUT2D eigenvalue weighted by Gasteiger charge is -2.16. The summed E-state index contributed by atoms with van der Waals surface area (Å²) in [6.07, 6.45) is 2.18. The van der Waals surface area contributed by atoms with Crippen LogP contribution in [0.15, 0.2) is 12.1 Å². The molecule has 5 heteroatoms. The number of halogens is 1. The second-order valence-electron chi connectivity index (χ2n) is 4.75. The molecular formula is C14H10ClNO3. The normalized spacial score (nSPS) is 16.8. The van der Waals surface area contributed by atoms with Crippen molar-refractivity contribution in [1.29, 1.82) is 0 Å². The summed E-state index contributed by atoms with van der Waals surface area (Å²) in [7, 11) is 0. The zero-order valence-electron chi connectivity index (χ0n) is 10.0. The van der Waals surface area contributed by atoms with Gasteiger partial charge in [-0.3, -0.25) is 9.78 Å². The summed E-state index contributed by atoms with van der Waals surface area (Å²) >= 11 is 6.40. The van der Waals surface area contributed by atoms with Crippen LogP contribution in [0.3, 0.4) is 0 Å². The number of carbonyl (C=O) groups is 1. The Kier molecular flexibility index (Phi) is 2.23. The van der Waals surface area contributed by atoms with E-state index in [1.807, 2.05) is 6.07 Å². The predicted molar refractivity (Wildman–Crippen MR) is 70.1 cm³/mol. The molecule has 0 atom stereocenters. The summed E-state index contributed by atoms with van der Waals surface area (Å²) in [5.41, 5.74) is 2.13. The lowest BCUT2D eigenvalue weighted by atomic mass is 9.93. The fourth-order valence-corrected chi connectivity index (χ4v) is 3.03. The van der Waals surface area contributed by atoms with Crippen LogP contribution in [0, 0.1) is 0 Å². The number of carbonyl (C=O) groups excluding carboxylic acids is 1. The Morgan fingerprint density at radius 1 is 1.16 bits per heavy atom. The van der Waals surface area contributed by atoms with Gasteiger partial charge in [0.2, 0.25) is 6.79 Å². The van der Waals surface area contributed by atoms with E-state index < -0.39 is 0 Å². The molecular weight excluding hydrogens is 266 g/mol. The molecule has 0 bridgehead atoms. The molecule has 1 aliphatic heterocycles. The first-order valence-corrected chi connectivity index (χ1v) is 6.57. The fourth-order valence-electron chi connectivity index (χ4n) is 2.67. The molecule has 0 radical (unpaired) electrons.